The van der Waals surface area contributed by atoms with E-state index in [1.807, 2.05) is 0 Å². The highest BCUT2D eigenvalue weighted by Crippen LogP contribution is 2.37. The third-order valence-corrected chi connectivity index (χ3v) is 4.86. The Morgan fingerprint density at radius 3 is 2.84 bits per heavy atom. The first-order valence-electron chi connectivity index (χ1n) is 6.82. The van der Waals surface area contributed by atoms with Gasteiger partial charge in [-0.2, -0.15) is 4.98 Å². The van der Waals surface area contributed by atoms with E-state index in [1.54, 1.807) is 11.8 Å². The summed E-state index contributed by atoms with van der Waals surface area (Å²) in [7, 11) is 0. The fourth-order valence-corrected chi connectivity index (χ4v) is 2.95. The molecule has 1 unspecified atom stereocenters. The van der Waals surface area contributed by atoms with Gasteiger partial charge in [0.05, 0.1) is 25.1 Å². The molecule has 1 aliphatic heterocycles. The van der Waals surface area contributed by atoms with E-state index in [2.05, 4.69) is 24.0 Å². The third-order valence-electron chi connectivity index (χ3n) is 3.38. The lowest BCUT2D eigenvalue weighted by molar-refractivity contribution is -0.121. The lowest BCUT2D eigenvalue weighted by Crippen LogP contribution is -2.47. The first kappa shape index (κ1) is 14.8. The quantitative estimate of drug-likeness (QED) is 0.790. The molecule has 0 saturated carbocycles. The zero-order valence-electron chi connectivity index (χ0n) is 11.6. The lowest BCUT2D eigenvalue weighted by Gasteiger charge is -2.39. The molecule has 2 rings (SSSR count). The number of aryl methyl sites for hydroxylation is 1. The second-order valence-corrected chi connectivity index (χ2v) is 6.59. The number of thioether (sulfide) groups is 1. The third kappa shape index (κ3) is 3.70. The first-order valence-corrected chi connectivity index (χ1v) is 7.87. The lowest BCUT2D eigenvalue weighted by atomic mass is 9.90. The summed E-state index contributed by atoms with van der Waals surface area (Å²) in [5.41, 5.74) is -0.0655. The highest BCUT2D eigenvalue weighted by Gasteiger charge is 2.38. The summed E-state index contributed by atoms with van der Waals surface area (Å²) in [5, 5.41) is 13.5. The van der Waals surface area contributed by atoms with Crippen LogP contribution in [-0.2, 0) is 11.2 Å². The van der Waals surface area contributed by atoms with Crippen LogP contribution in [0.1, 0.15) is 43.7 Å². The van der Waals surface area contributed by atoms with Gasteiger partial charge in [-0.1, -0.05) is 18.5 Å². The van der Waals surface area contributed by atoms with Gasteiger partial charge in [0.1, 0.15) is 0 Å². The van der Waals surface area contributed by atoms with Crippen LogP contribution in [0.5, 0.6) is 0 Å². The minimum Gasteiger partial charge on any atom is -0.396 e. The summed E-state index contributed by atoms with van der Waals surface area (Å²) < 4.78 is 10.5. The molecule has 19 heavy (non-hydrogen) atoms. The number of aromatic nitrogens is 2. The van der Waals surface area contributed by atoms with Crippen molar-refractivity contribution in [3.8, 4) is 0 Å². The van der Waals surface area contributed by atoms with Crippen molar-refractivity contribution in [1.82, 2.24) is 10.1 Å². The molecule has 1 atom stereocenters. The molecule has 0 radical (unpaired) electrons. The van der Waals surface area contributed by atoms with E-state index in [4.69, 9.17) is 9.26 Å². The van der Waals surface area contributed by atoms with Gasteiger partial charge in [-0.15, -0.1) is 11.8 Å². The number of unbranched alkanes of at least 4 members (excludes halogenated alkanes) is 1. The molecular formula is C13H22N2O3S. The maximum atomic E-state index is 9.38. The van der Waals surface area contributed by atoms with Crippen molar-refractivity contribution in [2.75, 3.05) is 25.6 Å². The highest BCUT2D eigenvalue weighted by atomic mass is 32.2. The molecule has 0 aromatic carbocycles. The van der Waals surface area contributed by atoms with Gasteiger partial charge >= 0.3 is 0 Å². The molecule has 0 amide bonds. The van der Waals surface area contributed by atoms with Crippen LogP contribution < -0.4 is 0 Å². The molecule has 1 fully saturated rings. The Bertz CT molecular complexity index is 387. The monoisotopic (exact) mass is 286 g/mol. The van der Waals surface area contributed by atoms with Gasteiger partial charge < -0.3 is 14.4 Å². The van der Waals surface area contributed by atoms with Crippen molar-refractivity contribution in [3.63, 3.8) is 0 Å². The maximum absolute atomic E-state index is 9.38. The molecule has 1 aliphatic rings. The summed E-state index contributed by atoms with van der Waals surface area (Å²) in [6, 6.07) is 0. The van der Waals surface area contributed by atoms with Crippen LogP contribution in [0.15, 0.2) is 4.52 Å². The molecule has 0 bridgehead atoms. The molecule has 1 aromatic rings. The molecule has 1 saturated heterocycles. The van der Waals surface area contributed by atoms with Gasteiger partial charge in [0.25, 0.3) is 0 Å². The molecular weight excluding hydrogens is 264 g/mol. The highest BCUT2D eigenvalue weighted by molar-refractivity contribution is 7.99. The summed E-state index contributed by atoms with van der Waals surface area (Å²) in [6.07, 6.45) is 3.10. The van der Waals surface area contributed by atoms with Crippen LogP contribution >= 0.6 is 11.8 Å². The molecule has 6 heteroatoms. The molecule has 1 N–H and O–H groups in total. The van der Waals surface area contributed by atoms with Crippen molar-refractivity contribution in [1.29, 1.82) is 0 Å². The number of nitrogens with zero attached hydrogens (tertiary/aromatic N) is 2. The Labute approximate surface area is 118 Å². The first-order chi connectivity index (χ1) is 9.19. The molecule has 2 heterocycles. The zero-order valence-corrected chi connectivity index (χ0v) is 12.4. The van der Waals surface area contributed by atoms with E-state index in [0.29, 0.717) is 19.1 Å². The second-order valence-electron chi connectivity index (χ2n) is 5.26. The zero-order chi connectivity index (χ0) is 13.7. The smallest absolute Gasteiger partial charge is 0.239 e. The average molecular weight is 286 g/mol. The van der Waals surface area contributed by atoms with Crippen molar-refractivity contribution in [2.24, 2.45) is 5.41 Å². The molecule has 0 aliphatic carbocycles. The number of aliphatic hydroxyl groups is 1. The Kier molecular flexibility index (Phi) is 5.24. The second kappa shape index (κ2) is 6.72. The number of aliphatic hydroxyl groups excluding tert-OH is 1. The Balaban J connectivity index is 1.82. The maximum Gasteiger partial charge on any atom is 0.239 e. The molecule has 5 nitrogen and oxygen atoms in total. The summed E-state index contributed by atoms with van der Waals surface area (Å²) in [6.45, 7) is 5.68. The van der Waals surface area contributed by atoms with Gasteiger partial charge in [-0.05, 0) is 13.3 Å². The minimum absolute atomic E-state index is 0.0655. The van der Waals surface area contributed by atoms with Gasteiger partial charge in [0.2, 0.25) is 5.89 Å². The standard InChI is InChI=1S/C13H22N2O3S/c1-3-4-5-11-14-12(18-15-11)10(2)19-9-13(6-16)7-17-8-13/h10,16H,3-9H2,1-2H3. The van der Waals surface area contributed by atoms with Gasteiger partial charge in [0, 0.05) is 17.6 Å². The Hall–Kier alpha value is -0.590. The van der Waals surface area contributed by atoms with E-state index in [0.717, 1.165) is 30.8 Å². The van der Waals surface area contributed by atoms with Crippen molar-refractivity contribution in [3.05, 3.63) is 11.7 Å². The van der Waals surface area contributed by atoms with E-state index >= 15 is 0 Å². The largest absolute Gasteiger partial charge is 0.396 e. The number of hydrogen-bond acceptors (Lipinski definition) is 6. The molecule has 108 valence electrons. The predicted molar refractivity (Wildman–Crippen MR) is 74.1 cm³/mol. The van der Waals surface area contributed by atoms with Crippen molar-refractivity contribution in [2.45, 2.75) is 38.4 Å². The summed E-state index contributed by atoms with van der Waals surface area (Å²) >= 11 is 1.74. The van der Waals surface area contributed by atoms with Crippen molar-refractivity contribution >= 4 is 11.8 Å². The van der Waals surface area contributed by atoms with E-state index in [1.165, 1.54) is 0 Å². The van der Waals surface area contributed by atoms with Crippen LogP contribution in [-0.4, -0.2) is 40.8 Å². The number of hydrogen-bond donors (Lipinski definition) is 1. The van der Waals surface area contributed by atoms with Crippen LogP contribution in [0.4, 0.5) is 0 Å². The predicted octanol–water partition coefficient (Wildman–Crippen LogP) is 2.22. The van der Waals surface area contributed by atoms with Crippen LogP contribution in [0.25, 0.3) is 0 Å². The molecule has 1 aromatic heterocycles. The van der Waals surface area contributed by atoms with Crippen molar-refractivity contribution < 1.29 is 14.4 Å². The Morgan fingerprint density at radius 1 is 1.47 bits per heavy atom. The normalized spacial score (nSPS) is 19.1. The van der Waals surface area contributed by atoms with Crippen LogP contribution in [0.2, 0.25) is 0 Å². The fourth-order valence-electron chi connectivity index (χ4n) is 1.85. The Morgan fingerprint density at radius 2 is 2.26 bits per heavy atom. The van der Waals surface area contributed by atoms with E-state index in [-0.39, 0.29) is 17.3 Å². The summed E-state index contributed by atoms with van der Waals surface area (Å²) in [4.78, 5) is 4.43. The van der Waals surface area contributed by atoms with Crippen LogP contribution in [0.3, 0.4) is 0 Å². The number of ether oxygens (including phenoxy) is 1. The number of rotatable bonds is 8. The SMILES string of the molecule is CCCCc1noc(C(C)SCC2(CO)COC2)n1. The topological polar surface area (TPSA) is 68.4 Å². The van der Waals surface area contributed by atoms with Gasteiger partial charge in [0.15, 0.2) is 5.82 Å². The van der Waals surface area contributed by atoms with E-state index < -0.39 is 0 Å². The average Bonchev–Trinajstić information content (AvgIpc) is 2.84. The fraction of sp³-hybridized carbons (Fsp3) is 0.846. The van der Waals surface area contributed by atoms with Gasteiger partial charge in [-0.25, -0.2) is 0 Å². The summed E-state index contributed by atoms with van der Waals surface area (Å²) in [5.74, 6) is 2.34. The van der Waals surface area contributed by atoms with E-state index in [9.17, 15) is 5.11 Å². The van der Waals surface area contributed by atoms with Gasteiger partial charge in [-0.3, -0.25) is 0 Å². The minimum atomic E-state index is -0.0655. The van der Waals surface area contributed by atoms with Crippen LogP contribution in [0, 0.1) is 5.41 Å². The molecule has 0 spiro atoms.